The van der Waals surface area contributed by atoms with E-state index in [2.05, 4.69) is 5.10 Å². The molecule has 1 aromatic heterocycles. The number of aryl methyl sites for hydroxylation is 2. The largest absolute Gasteiger partial charge is 0.434 e. The number of amides is 1. The lowest BCUT2D eigenvalue weighted by atomic mass is 9.99. The standard InChI is InChI=1S/C21H18F3N3O/c1-14-9-10-18-15(12-14)6-5-11-26(18)20(28)17-13-25-27(19(17)21(22,23)24)16-7-3-2-4-8-16/h2-4,7-10,12-13H,5-6,11H2,1H3. The molecule has 2 aromatic carbocycles. The molecule has 1 amide bonds. The summed E-state index contributed by atoms with van der Waals surface area (Å²) in [6, 6.07) is 13.7. The number of hydrogen-bond donors (Lipinski definition) is 0. The Balaban J connectivity index is 1.81. The molecule has 0 aliphatic carbocycles. The number of aromatic nitrogens is 2. The number of fused-ring (bicyclic) bond motifs is 1. The summed E-state index contributed by atoms with van der Waals surface area (Å²) >= 11 is 0. The minimum atomic E-state index is -4.72. The van der Waals surface area contributed by atoms with Gasteiger partial charge >= 0.3 is 6.18 Å². The summed E-state index contributed by atoms with van der Waals surface area (Å²) in [5, 5.41) is 3.89. The molecule has 0 saturated carbocycles. The van der Waals surface area contributed by atoms with Gasteiger partial charge in [-0.3, -0.25) is 4.79 Å². The van der Waals surface area contributed by atoms with E-state index in [4.69, 9.17) is 0 Å². The number of para-hydroxylation sites is 1. The molecule has 0 N–H and O–H groups in total. The monoisotopic (exact) mass is 385 g/mol. The van der Waals surface area contributed by atoms with E-state index >= 15 is 0 Å². The molecule has 0 bridgehead atoms. The number of anilines is 1. The third kappa shape index (κ3) is 3.17. The lowest BCUT2D eigenvalue weighted by Gasteiger charge is -2.30. The summed E-state index contributed by atoms with van der Waals surface area (Å²) in [6.45, 7) is 2.33. The Kier molecular flexibility index (Phi) is 4.45. The van der Waals surface area contributed by atoms with Crippen LogP contribution in [-0.2, 0) is 12.6 Å². The van der Waals surface area contributed by atoms with Gasteiger partial charge < -0.3 is 4.90 Å². The molecule has 1 aliphatic rings. The Morgan fingerprint density at radius 1 is 1.11 bits per heavy atom. The van der Waals surface area contributed by atoms with Crippen LogP contribution in [0.25, 0.3) is 5.69 Å². The predicted molar refractivity (Wildman–Crippen MR) is 99.7 cm³/mol. The topological polar surface area (TPSA) is 38.1 Å². The van der Waals surface area contributed by atoms with Gasteiger partial charge in [0.05, 0.1) is 17.4 Å². The molecule has 4 rings (SSSR count). The quantitative estimate of drug-likeness (QED) is 0.636. The first-order valence-corrected chi connectivity index (χ1v) is 8.98. The Morgan fingerprint density at radius 2 is 1.86 bits per heavy atom. The molecular weight excluding hydrogens is 367 g/mol. The summed E-state index contributed by atoms with van der Waals surface area (Å²) in [7, 11) is 0. The SMILES string of the molecule is Cc1ccc2c(c1)CCCN2C(=O)c1cnn(-c2ccccc2)c1C(F)(F)F. The number of halogens is 3. The highest BCUT2D eigenvalue weighted by Gasteiger charge is 2.42. The lowest BCUT2D eigenvalue weighted by Crippen LogP contribution is -2.36. The molecule has 0 atom stereocenters. The van der Waals surface area contributed by atoms with E-state index in [1.165, 1.54) is 17.0 Å². The molecule has 2 heterocycles. The molecule has 3 aromatic rings. The van der Waals surface area contributed by atoms with E-state index in [0.29, 0.717) is 18.7 Å². The third-order valence-electron chi connectivity index (χ3n) is 4.87. The van der Waals surface area contributed by atoms with Crippen molar-refractivity contribution in [2.45, 2.75) is 25.9 Å². The van der Waals surface area contributed by atoms with Crippen LogP contribution in [0.3, 0.4) is 0 Å². The van der Waals surface area contributed by atoms with Crippen LogP contribution in [0.2, 0.25) is 0 Å². The van der Waals surface area contributed by atoms with Gasteiger partial charge in [-0.25, -0.2) is 4.68 Å². The number of carbonyl (C=O) groups is 1. The van der Waals surface area contributed by atoms with Crippen molar-refractivity contribution in [1.82, 2.24) is 9.78 Å². The Morgan fingerprint density at radius 3 is 2.57 bits per heavy atom. The van der Waals surface area contributed by atoms with Gasteiger partial charge in [-0.15, -0.1) is 0 Å². The summed E-state index contributed by atoms with van der Waals surface area (Å²) in [5.41, 5.74) is 1.46. The molecule has 0 radical (unpaired) electrons. The van der Waals surface area contributed by atoms with E-state index in [1.807, 2.05) is 19.1 Å². The second-order valence-electron chi connectivity index (χ2n) is 6.84. The highest BCUT2D eigenvalue weighted by atomic mass is 19.4. The molecular formula is C21H18F3N3O. The van der Waals surface area contributed by atoms with Crippen LogP contribution in [0.4, 0.5) is 18.9 Å². The van der Waals surface area contributed by atoms with E-state index in [1.54, 1.807) is 24.3 Å². The van der Waals surface area contributed by atoms with E-state index in [9.17, 15) is 18.0 Å². The number of hydrogen-bond acceptors (Lipinski definition) is 2. The molecule has 7 heteroatoms. The predicted octanol–water partition coefficient (Wildman–Crippen LogP) is 4.79. The molecule has 144 valence electrons. The third-order valence-corrected chi connectivity index (χ3v) is 4.87. The van der Waals surface area contributed by atoms with Crippen LogP contribution >= 0.6 is 0 Å². The molecule has 0 fully saturated rings. The summed E-state index contributed by atoms with van der Waals surface area (Å²) in [4.78, 5) is 14.6. The maximum absolute atomic E-state index is 13.9. The maximum Gasteiger partial charge on any atom is 0.434 e. The van der Waals surface area contributed by atoms with Gasteiger partial charge in [0.2, 0.25) is 0 Å². The number of rotatable bonds is 2. The first-order chi connectivity index (χ1) is 13.4. The van der Waals surface area contributed by atoms with Crippen LogP contribution in [0.1, 0.15) is 33.6 Å². The molecule has 4 nitrogen and oxygen atoms in total. The Labute approximate surface area is 160 Å². The number of carbonyl (C=O) groups excluding carboxylic acids is 1. The summed E-state index contributed by atoms with van der Waals surface area (Å²) in [6.07, 6.45) is -2.20. The molecule has 28 heavy (non-hydrogen) atoms. The second-order valence-corrected chi connectivity index (χ2v) is 6.84. The smallest absolute Gasteiger partial charge is 0.308 e. The van der Waals surface area contributed by atoms with Gasteiger partial charge in [0, 0.05) is 12.2 Å². The van der Waals surface area contributed by atoms with E-state index in [0.717, 1.165) is 28.4 Å². The van der Waals surface area contributed by atoms with Gasteiger partial charge in [-0.2, -0.15) is 18.3 Å². The van der Waals surface area contributed by atoms with Crippen molar-refractivity contribution in [3.05, 3.63) is 77.1 Å². The van der Waals surface area contributed by atoms with Crippen LogP contribution in [0.5, 0.6) is 0 Å². The van der Waals surface area contributed by atoms with Crippen LogP contribution in [0, 0.1) is 6.92 Å². The normalized spacial score (nSPS) is 14.1. The fourth-order valence-electron chi connectivity index (χ4n) is 3.62. The minimum Gasteiger partial charge on any atom is -0.308 e. The van der Waals surface area contributed by atoms with Gasteiger partial charge in [-0.05, 0) is 43.5 Å². The van der Waals surface area contributed by atoms with Crippen molar-refractivity contribution in [3.63, 3.8) is 0 Å². The number of nitrogens with zero attached hydrogens (tertiary/aromatic N) is 3. The van der Waals surface area contributed by atoms with Gasteiger partial charge in [0.1, 0.15) is 0 Å². The molecule has 0 unspecified atom stereocenters. The maximum atomic E-state index is 13.9. The van der Waals surface area contributed by atoms with E-state index < -0.39 is 23.3 Å². The first-order valence-electron chi connectivity index (χ1n) is 8.98. The zero-order valence-electron chi connectivity index (χ0n) is 15.2. The number of alkyl halides is 3. The van der Waals surface area contributed by atoms with Crippen molar-refractivity contribution >= 4 is 11.6 Å². The fraction of sp³-hybridized carbons (Fsp3) is 0.238. The second kappa shape index (κ2) is 6.82. The van der Waals surface area contributed by atoms with Crippen molar-refractivity contribution < 1.29 is 18.0 Å². The Bertz CT molecular complexity index is 1030. The van der Waals surface area contributed by atoms with E-state index in [-0.39, 0.29) is 5.69 Å². The van der Waals surface area contributed by atoms with Crippen LogP contribution in [0.15, 0.2) is 54.7 Å². The lowest BCUT2D eigenvalue weighted by molar-refractivity contribution is -0.143. The molecule has 1 aliphatic heterocycles. The summed E-state index contributed by atoms with van der Waals surface area (Å²) < 4.78 is 42.4. The first kappa shape index (κ1) is 18.3. The van der Waals surface area contributed by atoms with Gasteiger partial charge in [-0.1, -0.05) is 35.9 Å². The highest BCUT2D eigenvalue weighted by Crippen LogP contribution is 2.36. The highest BCUT2D eigenvalue weighted by molar-refractivity contribution is 6.07. The van der Waals surface area contributed by atoms with Crippen molar-refractivity contribution in [1.29, 1.82) is 0 Å². The molecule has 0 spiro atoms. The van der Waals surface area contributed by atoms with Gasteiger partial charge in [0.25, 0.3) is 5.91 Å². The summed E-state index contributed by atoms with van der Waals surface area (Å²) in [5.74, 6) is -0.681. The van der Waals surface area contributed by atoms with Crippen molar-refractivity contribution in [2.24, 2.45) is 0 Å². The Hall–Kier alpha value is -3.09. The van der Waals surface area contributed by atoms with Crippen LogP contribution in [-0.4, -0.2) is 22.2 Å². The number of benzene rings is 2. The molecule has 0 saturated heterocycles. The minimum absolute atomic E-state index is 0.253. The van der Waals surface area contributed by atoms with Crippen molar-refractivity contribution in [3.8, 4) is 5.69 Å². The average Bonchev–Trinajstić information content (AvgIpc) is 3.13. The zero-order chi connectivity index (χ0) is 19.9. The van der Waals surface area contributed by atoms with Crippen LogP contribution < -0.4 is 4.90 Å². The zero-order valence-corrected chi connectivity index (χ0v) is 15.2. The fourth-order valence-corrected chi connectivity index (χ4v) is 3.62. The van der Waals surface area contributed by atoms with Gasteiger partial charge in [0.15, 0.2) is 5.69 Å². The van der Waals surface area contributed by atoms with Crippen molar-refractivity contribution in [2.75, 3.05) is 11.4 Å². The average molecular weight is 385 g/mol.